The highest BCUT2D eigenvalue weighted by Gasteiger charge is 2.30. The summed E-state index contributed by atoms with van der Waals surface area (Å²) in [5.41, 5.74) is 2.52. The number of carbonyl (C=O) groups excluding carboxylic acids is 2. The van der Waals surface area contributed by atoms with Crippen molar-refractivity contribution in [1.29, 1.82) is 0 Å². The molecule has 0 heterocycles. The molecule has 0 saturated heterocycles. The third kappa shape index (κ3) is 5.96. The van der Waals surface area contributed by atoms with E-state index in [4.69, 9.17) is 0 Å². The van der Waals surface area contributed by atoms with Gasteiger partial charge in [-0.25, -0.2) is 4.79 Å². The van der Waals surface area contributed by atoms with Crippen molar-refractivity contribution in [2.24, 2.45) is 0 Å². The fourth-order valence-electron chi connectivity index (χ4n) is 2.65. The van der Waals surface area contributed by atoms with E-state index < -0.39 is 6.03 Å². The number of nitrogens with zero attached hydrogens (tertiary/aromatic N) is 1. The second-order valence-corrected chi connectivity index (χ2v) is 7.21. The molecule has 0 bridgehead atoms. The highest BCUT2D eigenvalue weighted by atomic mass is 16.2. The number of rotatable bonds is 7. The monoisotopic (exact) mass is 331 g/mol. The molecular weight excluding hydrogens is 302 g/mol. The lowest BCUT2D eigenvalue weighted by atomic mass is 10.0. The molecule has 132 valence electrons. The molecular formula is C19H29N3O2. The van der Waals surface area contributed by atoms with Crippen LogP contribution in [-0.4, -0.2) is 35.5 Å². The van der Waals surface area contributed by atoms with Crippen LogP contribution in [0, 0.1) is 0 Å². The van der Waals surface area contributed by atoms with Crippen LogP contribution in [0.4, 0.5) is 4.79 Å². The average Bonchev–Trinajstić information content (AvgIpc) is 3.30. The van der Waals surface area contributed by atoms with Crippen molar-refractivity contribution < 1.29 is 9.59 Å². The molecule has 2 rings (SSSR count). The van der Waals surface area contributed by atoms with Crippen LogP contribution in [-0.2, 0) is 11.3 Å². The van der Waals surface area contributed by atoms with E-state index in [-0.39, 0.29) is 18.5 Å². The Morgan fingerprint density at radius 3 is 2.25 bits per heavy atom. The summed E-state index contributed by atoms with van der Waals surface area (Å²) in [6.45, 7) is 9.07. The Morgan fingerprint density at radius 1 is 1.12 bits per heavy atom. The zero-order valence-electron chi connectivity index (χ0n) is 15.1. The molecule has 1 aromatic rings. The van der Waals surface area contributed by atoms with E-state index in [0.29, 0.717) is 12.0 Å². The Balaban J connectivity index is 1.90. The number of hydrogen-bond acceptors (Lipinski definition) is 3. The maximum Gasteiger partial charge on any atom is 0.321 e. The quantitative estimate of drug-likeness (QED) is 0.807. The van der Waals surface area contributed by atoms with Gasteiger partial charge in [0.1, 0.15) is 0 Å². The van der Waals surface area contributed by atoms with Gasteiger partial charge in [0.05, 0.1) is 6.54 Å². The van der Waals surface area contributed by atoms with E-state index in [1.165, 1.54) is 11.1 Å². The van der Waals surface area contributed by atoms with E-state index in [9.17, 15) is 9.59 Å². The first-order valence-electron chi connectivity index (χ1n) is 8.78. The zero-order chi connectivity index (χ0) is 17.7. The number of imide groups is 1. The zero-order valence-corrected chi connectivity index (χ0v) is 15.1. The highest BCUT2D eigenvalue weighted by Crippen LogP contribution is 2.28. The van der Waals surface area contributed by atoms with Gasteiger partial charge in [0.15, 0.2) is 0 Å². The number of carbonyl (C=O) groups is 2. The average molecular weight is 331 g/mol. The first kappa shape index (κ1) is 18.5. The summed E-state index contributed by atoms with van der Waals surface area (Å²) in [5, 5.41) is 5.07. The van der Waals surface area contributed by atoms with Crippen LogP contribution in [0.15, 0.2) is 24.3 Å². The van der Waals surface area contributed by atoms with Gasteiger partial charge >= 0.3 is 6.03 Å². The summed E-state index contributed by atoms with van der Waals surface area (Å²) in [7, 11) is 0. The van der Waals surface area contributed by atoms with Crippen LogP contribution in [0.2, 0.25) is 0 Å². The third-order valence-corrected chi connectivity index (χ3v) is 4.11. The first-order chi connectivity index (χ1) is 11.3. The standard InChI is InChI=1S/C19H29N3O2/c1-13(2)16-7-5-15(6-8-16)11-22(17-9-10-17)12-18(23)21-19(24)20-14(3)4/h5-8,13-14,17H,9-12H2,1-4H3,(H2,20,21,23,24). The van der Waals surface area contributed by atoms with Gasteiger partial charge in [-0.05, 0) is 43.7 Å². The maximum absolute atomic E-state index is 12.1. The molecule has 0 unspecified atom stereocenters. The van der Waals surface area contributed by atoms with Crippen LogP contribution in [0.5, 0.6) is 0 Å². The Morgan fingerprint density at radius 2 is 1.75 bits per heavy atom. The maximum atomic E-state index is 12.1. The summed E-state index contributed by atoms with van der Waals surface area (Å²) in [6.07, 6.45) is 2.24. The van der Waals surface area contributed by atoms with Gasteiger partial charge in [-0.1, -0.05) is 38.1 Å². The molecule has 3 amide bonds. The molecule has 1 aliphatic rings. The number of hydrogen-bond donors (Lipinski definition) is 2. The van der Waals surface area contributed by atoms with E-state index in [0.717, 1.165) is 19.4 Å². The Hall–Kier alpha value is -1.88. The van der Waals surface area contributed by atoms with Crippen molar-refractivity contribution >= 4 is 11.9 Å². The molecule has 0 aromatic heterocycles. The molecule has 5 heteroatoms. The van der Waals surface area contributed by atoms with Crippen LogP contribution in [0.3, 0.4) is 0 Å². The Kier molecular flexibility index (Phi) is 6.37. The molecule has 1 fully saturated rings. The summed E-state index contributed by atoms with van der Waals surface area (Å²) >= 11 is 0. The van der Waals surface area contributed by atoms with Gasteiger partial charge in [-0.3, -0.25) is 15.0 Å². The van der Waals surface area contributed by atoms with Gasteiger partial charge in [0.25, 0.3) is 0 Å². The second kappa shape index (κ2) is 8.29. The molecule has 5 nitrogen and oxygen atoms in total. The molecule has 1 saturated carbocycles. The van der Waals surface area contributed by atoms with Crippen molar-refractivity contribution in [3.63, 3.8) is 0 Å². The first-order valence-corrected chi connectivity index (χ1v) is 8.78. The minimum absolute atomic E-state index is 0.0109. The van der Waals surface area contributed by atoms with Crippen LogP contribution in [0.25, 0.3) is 0 Å². The smallest absolute Gasteiger partial charge is 0.321 e. The normalized spacial score (nSPS) is 14.3. The number of urea groups is 1. The number of amides is 3. The molecule has 1 aliphatic carbocycles. The second-order valence-electron chi connectivity index (χ2n) is 7.21. The van der Waals surface area contributed by atoms with Gasteiger partial charge < -0.3 is 5.32 Å². The molecule has 0 atom stereocenters. The van der Waals surface area contributed by atoms with Gasteiger partial charge in [-0.2, -0.15) is 0 Å². The summed E-state index contributed by atoms with van der Waals surface area (Å²) in [4.78, 5) is 25.9. The molecule has 0 spiro atoms. The largest absolute Gasteiger partial charge is 0.336 e. The van der Waals surface area contributed by atoms with Crippen molar-refractivity contribution in [1.82, 2.24) is 15.5 Å². The van der Waals surface area contributed by atoms with E-state index in [1.807, 2.05) is 13.8 Å². The Bertz CT molecular complexity index is 562. The molecule has 0 aliphatic heterocycles. The molecule has 24 heavy (non-hydrogen) atoms. The van der Waals surface area contributed by atoms with Crippen molar-refractivity contribution in [2.75, 3.05) is 6.54 Å². The summed E-state index contributed by atoms with van der Waals surface area (Å²) in [6, 6.07) is 8.61. The Labute approximate surface area is 144 Å². The lowest BCUT2D eigenvalue weighted by Crippen LogP contribution is -2.46. The van der Waals surface area contributed by atoms with Crippen molar-refractivity contribution in [3.05, 3.63) is 35.4 Å². The predicted molar refractivity (Wildman–Crippen MR) is 95.8 cm³/mol. The summed E-state index contributed by atoms with van der Waals surface area (Å²) < 4.78 is 0. The third-order valence-electron chi connectivity index (χ3n) is 4.11. The molecule has 2 N–H and O–H groups in total. The lowest BCUT2D eigenvalue weighted by molar-refractivity contribution is -0.121. The fraction of sp³-hybridized carbons (Fsp3) is 0.579. The molecule has 1 aromatic carbocycles. The van der Waals surface area contributed by atoms with Gasteiger partial charge in [-0.15, -0.1) is 0 Å². The van der Waals surface area contributed by atoms with E-state index >= 15 is 0 Å². The number of nitrogens with one attached hydrogen (secondary N) is 2. The van der Waals surface area contributed by atoms with Crippen LogP contribution in [0.1, 0.15) is 57.6 Å². The van der Waals surface area contributed by atoms with E-state index in [2.05, 4.69) is 53.6 Å². The SMILES string of the molecule is CC(C)NC(=O)NC(=O)CN(Cc1ccc(C(C)C)cc1)C1CC1. The van der Waals surface area contributed by atoms with Gasteiger partial charge in [0.2, 0.25) is 5.91 Å². The topological polar surface area (TPSA) is 61.4 Å². The molecule has 0 radical (unpaired) electrons. The number of benzene rings is 1. The minimum atomic E-state index is -0.424. The fourth-order valence-corrected chi connectivity index (χ4v) is 2.65. The highest BCUT2D eigenvalue weighted by molar-refractivity contribution is 5.95. The predicted octanol–water partition coefficient (Wildman–Crippen LogP) is 3.01. The van der Waals surface area contributed by atoms with Gasteiger partial charge in [0, 0.05) is 18.6 Å². The minimum Gasteiger partial charge on any atom is -0.336 e. The summed E-state index contributed by atoms with van der Waals surface area (Å²) in [5.74, 6) is 0.266. The van der Waals surface area contributed by atoms with Crippen LogP contribution < -0.4 is 10.6 Å². The van der Waals surface area contributed by atoms with Crippen LogP contribution >= 0.6 is 0 Å². The lowest BCUT2D eigenvalue weighted by Gasteiger charge is -2.22. The van der Waals surface area contributed by atoms with E-state index in [1.54, 1.807) is 0 Å². The van der Waals surface area contributed by atoms with Crippen molar-refractivity contribution in [3.8, 4) is 0 Å². The van der Waals surface area contributed by atoms with Crippen molar-refractivity contribution in [2.45, 2.75) is 65.1 Å².